The lowest BCUT2D eigenvalue weighted by molar-refractivity contribution is 0.0784. The first-order chi connectivity index (χ1) is 11.0. The summed E-state index contributed by atoms with van der Waals surface area (Å²) in [4.78, 5) is 14.3. The molecule has 0 aromatic heterocycles. The summed E-state index contributed by atoms with van der Waals surface area (Å²) in [5.41, 5.74) is 1.65. The van der Waals surface area contributed by atoms with Gasteiger partial charge >= 0.3 is 0 Å². The summed E-state index contributed by atoms with van der Waals surface area (Å²) in [5.74, 6) is 1.15. The van der Waals surface area contributed by atoms with Crippen LogP contribution in [0, 0.1) is 0 Å². The Morgan fingerprint density at radius 1 is 1.13 bits per heavy atom. The standard InChI is InChI=1S/C18H20BrNO3/c1-4-23-17-11-14(7-10-16(17)22-3)18(21)20(2)12-13-5-8-15(19)9-6-13/h5-11H,4,12H2,1-3H3. The molecule has 2 aromatic carbocycles. The molecule has 0 saturated carbocycles. The molecule has 1 amide bonds. The van der Waals surface area contributed by atoms with E-state index in [1.165, 1.54) is 0 Å². The normalized spacial score (nSPS) is 10.3. The number of halogens is 1. The van der Waals surface area contributed by atoms with Gasteiger partial charge in [-0.05, 0) is 42.8 Å². The summed E-state index contributed by atoms with van der Waals surface area (Å²) in [5, 5.41) is 0. The number of hydrogen-bond donors (Lipinski definition) is 0. The smallest absolute Gasteiger partial charge is 0.254 e. The fourth-order valence-electron chi connectivity index (χ4n) is 2.23. The molecule has 0 aliphatic carbocycles. The van der Waals surface area contributed by atoms with Crippen LogP contribution in [0.2, 0.25) is 0 Å². The first kappa shape index (κ1) is 17.3. The molecule has 122 valence electrons. The summed E-state index contributed by atoms with van der Waals surface area (Å²) in [6, 6.07) is 13.2. The Hall–Kier alpha value is -2.01. The molecule has 5 heteroatoms. The monoisotopic (exact) mass is 377 g/mol. The predicted molar refractivity (Wildman–Crippen MR) is 94.1 cm³/mol. The van der Waals surface area contributed by atoms with E-state index in [1.807, 2.05) is 31.2 Å². The Kier molecular flexibility index (Phi) is 6.04. The number of ether oxygens (including phenoxy) is 2. The minimum atomic E-state index is -0.0588. The quantitative estimate of drug-likeness (QED) is 0.759. The van der Waals surface area contributed by atoms with Crippen molar-refractivity contribution in [3.8, 4) is 11.5 Å². The van der Waals surface area contributed by atoms with E-state index in [2.05, 4.69) is 15.9 Å². The maximum atomic E-state index is 12.6. The van der Waals surface area contributed by atoms with E-state index in [0.717, 1.165) is 10.0 Å². The molecule has 0 aliphatic heterocycles. The summed E-state index contributed by atoms with van der Waals surface area (Å²) < 4.78 is 11.8. The van der Waals surface area contributed by atoms with Gasteiger partial charge in [0, 0.05) is 23.6 Å². The highest BCUT2D eigenvalue weighted by Crippen LogP contribution is 2.28. The van der Waals surface area contributed by atoms with Crippen LogP contribution in [-0.2, 0) is 6.54 Å². The van der Waals surface area contributed by atoms with E-state index >= 15 is 0 Å². The molecular weight excluding hydrogens is 358 g/mol. The third-order valence-electron chi connectivity index (χ3n) is 3.39. The van der Waals surface area contributed by atoms with Crippen LogP contribution in [0.15, 0.2) is 46.9 Å². The van der Waals surface area contributed by atoms with Crippen LogP contribution in [0.3, 0.4) is 0 Å². The predicted octanol–water partition coefficient (Wildman–Crippen LogP) is 4.13. The highest BCUT2D eigenvalue weighted by molar-refractivity contribution is 9.10. The van der Waals surface area contributed by atoms with Crippen LogP contribution in [0.25, 0.3) is 0 Å². The molecule has 0 atom stereocenters. The summed E-state index contributed by atoms with van der Waals surface area (Å²) in [6.45, 7) is 2.96. The molecule has 0 fully saturated rings. The zero-order chi connectivity index (χ0) is 16.8. The Morgan fingerprint density at radius 2 is 1.83 bits per heavy atom. The highest BCUT2D eigenvalue weighted by atomic mass is 79.9. The van der Waals surface area contributed by atoms with Gasteiger partial charge in [0.25, 0.3) is 5.91 Å². The molecule has 0 radical (unpaired) electrons. The van der Waals surface area contributed by atoms with Gasteiger partial charge in [-0.1, -0.05) is 28.1 Å². The Bertz CT molecular complexity index is 670. The summed E-state index contributed by atoms with van der Waals surface area (Å²) in [7, 11) is 3.37. The van der Waals surface area contributed by atoms with Crippen LogP contribution < -0.4 is 9.47 Å². The minimum Gasteiger partial charge on any atom is -0.493 e. The first-order valence-electron chi connectivity index (χ1n) is 7.36. The molecule has 23 heavy (non-hydrogen) atoms. The van der Waals surface area contributed by atoms with Crippen LogP contribution in [0.4, 0.5) is 0 Å². The number of nitrogens with zero attached hydrogens (tertiary/aromatic N) is 1. The Labute approximate surface area is 145 Å². The largest absolute Gasteiger partial charge is 0.493 e. The average molecular weight is 378 g/mol. The van der Waals surface area contributed by atoms with Crippen molar-refractivity contribution in [2.45, 2.75) is 13.5 Å². The number of amides is 1. The number of methoxy groups -OCH3 is 1. The van der Waals surface area contributed by atoms with Crippen molar-refractivity contribution >= 4 is 21.8 Å². The minimum absolute atomic E-state index is 0.0588. The molecule has 2 aromatic rings. The number of hydrogen-bond acceptors (Lipinski definition) is 3. The number of carbonyl (C=O) groups is 1. The molecule has 0 heterocycles. The van der Waals surface area contributed by atoms with Crippen LogP contribution >= 0.6 is 15.9 Å². The van der Waals surface area contributed by atoms with Gasteiger partial charge in [0.15, 0.2) is 11.5 Å². The van der Waals surface area contributed by atoms with E-state index in [1.54, 1.807) is 37.3 Å². The topological polar surface area (TPSA) is 38.8 Å². The van der Waals surface area contributed by atoms with E-state index in [-0.39, 0.29) is 5.91 Å². The van der Waals surface area contributed by atoms with Gasteiger partial charge in [-0.3, -0.25) is 4.79 Å². The lowest BCUT2D eigenvalue weighted by Gasteiger charge is -2.18. The van der Waals surface area contributed by atoms with Crippen molar-refractivity contribution < 1.29 is 14.3 Å². The van der Waals surface area contributed by atoms with Crippen molar-refractivity contribution in [3.05, 3.63) is 58.1 Å². The number of rotatable bonds is 6. The molecule has 0 bridgehead atoms. The molecule has 2 rings (SSSR count). The van der Waals surface area contributed by atoms with Gasteiger partial charge in [-0.15, -0.1) is 0 Å². The maximum Gasteiger partial charge on any atom is 0.254 e. The number of benzene rings is 2. The van der Waals surface area contributed by atoms with Crippen molar-refractivity contribution in [2.75, 3.05) is 20.8 Å². The molecule has 0 saturated heterocycles. The van der Waals surface area contributed by atoms with Crippen molar-refractivity contribution in [3.63, 3.8) is 0 Å². The zero-order valence-electron chi connectivity index (χ0n) is 13.5. The van der Waals surface area contributed by atoms with Gasteiger partial charge < -0.3 is 14.4 Å². The first-order valence-corrected chi connectivity index (χ1v) is 8.15. The third-order valence-corrected chi connectivity index (χ3v) is 3.92. The lowest BCUT2D eigenvalue weighted by atomic mass is 10.1. The van der Waals surface area contributed by atoms with Crippen molar-refractivity contribution in [1.82, 2.24) is 4.90 Å². The van der Waals surface area contributed by atoms with E-state index < -0.39 is 0 Å². The van der Waals surface area contributed by atoms with Gasteiger partial charge in [0.2, 0.25) is 0 Å². The van der Waals surface area contributed by atoms with Gasteiger partial charge in [-0.25, -0.2) is 0 Å². The summed E-state index contributed by atoms with van der Waals surface area (Å²) >= 11 is 3.41. The fourth-order valence-corrected chi connectivity index (χ4v) is 2.50. The fraction of sp³-hybridized carbons (Fsp3) is 0.278. The highest BCUT2D eigenvalue weighted by Gasteiger charge is 2.15. The van der Waals surface area contributed by atoms with Crippen molar-refractivity contribution in [1.29, 1.82) is 0 Å². The molecule has 0 spiro atoms. The van der Waals surface area contributed by atoms with Crippen LogP contribution in [0.1, 0.15) is 22.8 Å². The molecule has 4 nitrogen and oxygen atoms in total. The maximum absolute atomic E-state index is 12.6. The second-order valence-corrected chi connectivity index (χ2v) is 6.00. The third kappa shape index (κ3) is 4.48. The lowest BCUT2D eigenvalue weighted by Crippen LogP contribution is -2.26. The molecular formula is C18H20BrNO3. The average Bonchev–Trinajstić information content (AvgIpc) is 2.56. The molecule has 0 N–H and O–H groups in total. The van der Waals surface area contributed by atoms with Crippen LogP contribution in [0.5, 0.6) is 11.5 Å². The van der Waals surface area contributed by atoms with E-state index in [0.29, 0.717) is 30.2 Å². The Balaban J connectivity index is 2.15. The van der Waals surface area contributed by atoms with Crippen molar-refractivity contribution in [2.24, 2.45) is 0 Å². The second-order valence-electron chi connectivity index (χ2n) is 5.09. The molecule has 0 unspecified atom stereocenters. The SMILES string of the molecule is CCOc1cc(C(=O)N(C)Cc2ccc(Br)cc2)ccc1OC. The number of carbonyl (C=O) groups excluding carboxylic acids is 1. The Morgan fingerprint density at radius 3 is 2.43 bits per heavy atom. The van der Waals surface area contributed by atoms with Gasteiger partial charge in [0.05, 0.1) is 13.7 Å². The zero-order valence-corrected chi connectivity index (χ0v) is 15.1. The van der Waals surface area contributed by atoms with Gasteiger partial charge in [-0.2, -0.15) is 0 Å². The van der Waals surface area contributed by atoms with Crippen LogP contribution in [-0.4, -0.2) is 31.6 Å². The van der Waals surface area contributed by atoms with E-state index in [9.17, 15) is 4.79 Å². The molecule has 0 aliphatic rings. The summed E-state index contributed by atoms with van der Waals surface area (Å²) in [6.07, 6.45) is 0. The second kappa shape index (κ2) is 8.02. The van der Waals surface area contributed by atoms with E-state index in [4.69, 9.17) is 9.47 Å². The van der Waals surface area contributed by atoms with Gasteiger partial charge in [0.1, 0.15) is 0 Å².